The zero-order valence-corrected chi connectivity index (χ0v) is 12.2. The van der Waals surface area contributed by atoms with Gasteiger partial charge in [0.2, 0.25) is 0 Å². The van der Waals surface area contributed by atoms with Crippen LogP contribution in [0.2, 0.25) is 0 Å². The average molecular weight is 270 g/mol. The number of nitrogens with zero attached hydrogens (tertiary/aromatic N) is 2. The van der Waals surface area contributed by atoms with Gasteiger partial charge in [-0.25, -0.2) is 0 Å². The van der Waals surface area contributed by atoms with Gasteiger partial charge in [0.1, 0.15) is 0 Å². The van der Waals surface area contributed by atoms with Crippen LogP contribution in [0.25, 0.3) is 0 Å². The summed E-state index contributed by atoms with van der Waals surface area (Å²) in [6, 6.07) is 5.00. The molecule has 1 aliphatic heterocycles. The molecule has 2 rings (SSSR count). The van der Waals surface area contributed by atoms with Gasteiger partial charge in [-0.15, -0.1) is 12.4 Å². The molecular formula is C14H24ClN3. The summed E-state index contributed by atoms with van der Waals surface area (Å²) < 4.78 is 0. The number of nitrogens with one attached hydrogen (secondary N) is 1. The van der Waals surface area contributed by atoms with Crippen molar-refractivity contribution in [1.29, 1.82) is 0 Å². The standard InChI is InChI=1S/C14H23N3.ClH/c1-12-5-6-13(10-16-12)11-17(2)14-4-3-8-15-9-7-14;/h5-6,10,14-15H,3-4,7-9,11H2,1-2H3;1H. The van der Waals surface area contributed by atoms with E-state index in [1.165, 1.54) is 31.4 Å². The van der Waals surface area contributed by atoms with Crippen LogP contribution in [-0.2, 0) is 6.54 Å². The lowest BCUT2D eigenvalue weighted by molar-refractivity contribution is 0.216. The largest absolute Gasteiger partial charge is 0.317 e. The van der Waals surface area contributed by atoms with Gasteiger partial charge in [-0.05, 0) is 58.0 Å². The van der Waals surface area contributed by atoms with Crippen molar-refractivity contribution < 1.29 is 0 Å². The maximum atomic E-state index is 4.36. The zero-order chi connectivity index (χ0) is 12.1. The van der Waals surface area contributed by atoms with Crippen LogP contribution < -0.4 is 5.32 Å². The molecule has 0 aliphatic carbocycles. The minimum Gasteiger partial charge on any atom is -0.317 e. The Morgan fingerprint density at radius 2 is 2.17 bits per heavy atom. The van der Waals surface area contributed by atoms with Gasteiger partial charge in [-0.3, -0.25) is 9.88 Å². The zero-order valence-electron chi connectivity index (χ0n) is 11.4. The van der Waals surface area contributed by atoms with E-state index in [0.717, 1.165) is 18.8 Å². The maximum Gasteiger partial charge on any atom is 0.0372 e. The summed E-state index contributed by atoms with van der Waals surface area (Å²) >= 11 is 0. The molecule has 1 aromatic heterocycles. The summed E-state index contributed by atoms with van der Waals surface area (Å²) in [6.07, 6.45) is 5.86. The first-order valence-electron chi connectivity index (χ1n) is 6.58. The smallest absolute Gasteiger partial charge is 0.0372 e. The predicted molar refractivity (Wildman–Crippen MR) is 78.2 cm³/mol. The number of aryl methyl sites for hydroxylation is 1. The number of hydrogen-bond acceptors (Lipinski definition) is 3. The molecule has 0 saturated carbocycles. The molecule has 3 nitrogen and oxygen atoms in total. The molecule has 4 heteroatoms. The highest BCUT2D eigenvalue weighted by Gasteiger charge is 2.16. The van der Waals surface area contributed by atoms with Crippen LogP contribution in [0.5, 0.6) is 0 Å². The fourth-order valence-corrected chi connectivity index (χ4v) is 2.45. The van der Waals surface area contributed by atoms with Gasteiger partial charge >= 0.3 is 0 Å². The molecule has 0 aromatic carbocycles. The normalized spacial score (nSPS) is 20.3. The molecule has 102 valence electrons. The summed E-state index contributed by atoms with van der Waals surface area (Å²) in [4.78, 5) is 6.83. The van der Waals surface area contributed by atoms with Crippen LogP contribution in [0.1, 0.15) is 30.5 Å². The van der Waals surface area contributed by atoms with Crippen molar-refractivity contribution in [3.63, 3.8) is 0 Å². The Kier molecular flexibility index (Phi) is 6.61. The highest BCUT2D eigenvalue weighted by molar-refractivity contribution is 5.85. The molecule has 1 aromatic rings. The van der Waals surface area contributed by atoms with E-state index in [1.54, 1.807) is 0 Å². The summed E-state index contributed by atoms with van der Waals surface area (Å²) in [7, 11) is 2.23. The van der Waals surface area contributed by atoms with E-state index in [4.69, 9.17) is 0 Å². The van der Waals surface area contributed by atoms with Gasteiger partial charge in [-0.1, -0.05) is 6.07 Å². The molecule has 0 spiro atoms. The molecule has 2 heterocycles. The lowest BCUT2D eigenvalue weighted by Gasteiger charge is -2.26. The average Bonchev–Trinajstić information content (AvgIpc) is 2.61. The van der Waals surface area contributed by atoms with Crippen LogP contribution in [0.4, 0.5) is 0 Å². The summed E-state index contributed by atoms with van der Waals surface area (Å²) in [5.41, 5.74) is 2.41. The van der Waals surface area contributed by atoms with Gasteiger partial charge in [0.25, 0.3) is 0 Å². The summed E-state index contributed by atoms with van der Waals surface area (Å²) in [5.74, 6) is 0. The second-order valence-corrected chi connectivity index (χ2v) is 5.06. The molecular weight excluding hydrogens is 246 g/mol. The third-order valence-corrected chi connectivity index (χ3v) is 3.57. The molecule has 1 unspecified atom stereocenters. The van der Waals surface area contributed by atoms with Crippen molar-refractivity contribution in [3.05, 3.63) is 29.6 Å². The van der Waals surface area contributed by atoms with E-state index >= 15 is 0 Å². The maximum absolute atomic E-state index is 4.36. The second-order valence-electron chi connectivity index (χ2n) is 5.06. The highest BCUT2D eigenvalue weighted by Crippen LogP contribution is 2.14. The number of hydrogen-bond donors (Lipinski definition) is 1. The molecule has 0 bridgehead atoms. The lowest BCUT2D eigenvalue weighted by Crippen LogP contribution is -2.32. The third-order valence-electron chi connectivity index (χ3n) is 3.57. The number of pyridine rings is 1. The van der Waals surface area contributed by atoms with E-state index < -0.39 is 0 Å². The van der Waals surface area contributed by atoms with E-state index in [2.05, 4.69) is 34.4 Å². The number of halogens is 1. The van der Waals surface area contributed by atoms with Gasteiger partial charge in [0, 0.05) is 24.5 Å². The molecule has 1 N–H and O–H groups in total. The number of aromatic nitrogens is 1. The first-order chi connectivity index (χ1) is 8.25. The van der Waals surface area contributed by atoms with Crippen molar-refractivity contribution in [2.24, 2.45) is 0 Å². The quantitative estimate of drug-likeness (QED) is 0.913. The highest BCUT2D eigenvalue weighted by atomic mass is 35.5. The van der Waals surface area contributed by atoms with Crippen molar-refractivity contribution in [3.8, 4) is 0 Å². The van der Waals surface area contributed by atoms with E-state index in [1.807, 2.05) is 13.1 Å². The Morgan fingerprint density at radius 1 is 1.33 bits per heavy atom. The minimum atomic E-state index is 0. The fourth-order valence-electron chi connectivity index (χ4n) is 2.45. The van der Waals surface area contributed by atoms with Crippen molar-refractivity contribution >= 4 is 12.4 Å². The first kappa shape index (κ1) is 15.4. The SMILES string of the molecule is Cc1ccc(CN(C)C2CCCNCC2)cn1.Cl. The summed E-state index contributed by atoms with van der Waals surface area (Å²) in [5, 5.41) is 3.46. The second kappa shape index (κ2) is 7.72. The topological polar surface area (TPSA) is 28.2 Å². The van der Waals surface area contributed by atoms with Gasteiger partial charge < -0.3 is 5.32 Å². The molecule has 1 atom stereocenters. The van der Waals surface area contributed by atoms with Crippen LogP contribution in [0.3, 0.4) is 0 Å². The van der Waals surface area contributed by atoms with Gasteiger partial charge in [-0.2, -0.15) is 0 Å². The molecule has 0 amide bonds. The Balaban J connectivity index is 0.00000162. The van der Waals surface area contributed by atoms with Gasteiger partial charge in [0.05, 0.1) is 0 Å². The Morgan fingerprint density at radius 3 is 2.89 bits per heavy atom. The van der Waals surface area contributed by atoms with Crippen LogP contribution in [0, 0.1) is 6.92 Å². The molecule has 18 heavy (non-hydrogen) atoms. The monoisotopic (exact) mass is 269 g/mol. The Bertz CT molecular complexity index is 331. The predicted octanol–water partition coefficient (Wildman–Crippen LogP) is 2.39. The van der Waals surface area contributed by atoms with E-state index in [9.17, 15) is 0 Å². The number of rotatable bonds is 3. The van der Waals surface area contributed by atoms with Crippen molar-refractivity contribution in [2.75, 3.05) is 20.1 Å². The molecule has 1 aliphatic rings. The van der Waals surface area contributed by atoms with E-state index in [0.29, 0.717) is 6.04 Å². The van der Waals surface area contributed by atoms with Crippen molar-refractivity contribution in [1.82, 2.24) is 15.2 Å². The van der Waals surface area contributed by atoms with Crippen LogP contribution in [-0.4, -0.2) is 36.1 Å². The Hall–Kier alpha value is -0.640. The van der Waals surface area contributed by atoms with Crippen molar-refractivity contribution in [2.45, 2.75) is 38.8 Å². The Labute approximate surface area is 116 Å². The minimum absolute atomic E-state index is 0. The lowest BCUT2D eigenvalue weighted by atomic mass is 10.1. The molecule has 0 radical (unpaired) electrons. The third kappa shape index (κ3) is 4.56. The summed E-state index contributed by atoms with van der Waals surface area (Å²) in [6.45, 7) is 5.37. The first-order valence-corrected chi connectivity index (χ1v) is 6.58. The van der Waals surface area contributed by atoms with E-state index in [-0.39, 0.29) is 12.4 Å². The van der Waals surface area contributed by atoms with Gasteiger partial charge in [0.15, 0.2) is 0 Å². The molecule has 1 saturated heterocycles. The van der Waals surface area contributed by atoms with Crippen LogP contribution >= 0.6 is 12.4 Å². The van der Waals surface area contributed by atoms with Crippen LogP contribution in [0.15, 0.2) is 18.3 Å². The fraction of sp³-hybridized carbons (Fsp3) is 0.643. The molecule has 1 fully saturated rings.